The summed E-state index contributed by atoms with van der Waals surface area (Å²) < 4.78 is 28.5. The molecule has 15 heteroatoms. The summed E-state index contributed by atoms with van der Waals surface area (Å²) in [6.07, 6.45) is -8.70. The van der Waals surface area contributed by atoms with Crippen LogP contribution in [-0.4, -0.2) is 140 Å². The van der Waals surface area contributed by atoms with Crippen LogP contribution in [0, 0.1) is 50.2 Å². The molecule has 6 fully saturated rings. The number of aliphatic hydroxyl groups excluding tert-OH is 8. The molecule has 19 unspecified atom stereocenters. The maximum Gasteiger partial charge on any atom is 0.337 e. The molecule has 5 aliphatic carbocycles. The van der Waals surface area contributed by atoms with Crippen molar-refractivity contribution < 1.29 is 74.1 Å². The maximum absolute atomic E-state index is 14.6. The van der Waals surface area contributed by atoms with E-state index < -0.39 is 120 Å². The van der Waals surface area contributed by atoms with Crippen molar-refractivity contribution in [2.45, 2.75) is 180 Å². The Morgan fingerprint density at radius 3 is 2.03 bits per heavy atom. The van der Waals surface area contributed by atoms with E-state index in [1.165, 1.54) is 0 Å². The van der Waals surface area contributed by atoms with Crippen LogP contribution in [0.3, 0.4) is 0 Å². The molecule has 0 radical (unpaired) electrons. The summed E-state index contributed by atoms with van der Waals surface area (Å²) in [6, 6.07) is 0. The molecule has 0 spiro atoms. The van der Waals surface area contributed by atoms with Crippen molar-refractivity contribution >= 4 is 11.9 Å². The number of ether oxygens (including phenoxy) is 5. The fourth-order valence-corrected chi connectivity index (χ4v) is 13.6. The van der Waals surface area contributed by atoms with E-state index in [0.717, 1.165) is 38.4 Å². The zero-order valence-corrected chi connectivity index (χ0v) is 35.2. The zero-order chi connectivity index (χ0) is 42.7. The van der Waals surface area contributed by atoms with E-state index in [9.17, 15) is 50.4 Å². The first-order chi connectivity index (χ1) is 27.0. The van der Waals surface area contributed by atoms with Crippen LogP contribution in [0.15, 0.2) is 11.6 Å². The van der Waals surface area contributed by atoms with Crippen molar-refractivity contribution in [2.75, 3.05) is 13.7 Å². The van der Waals surface area contributed by atoms with Gasteiger partial charge in [0.15, 0.2) is 12.4 Å². The molecule has 58 heavy (non-hydrogen) atoms. The maximum atomic E-state index is 14.6. The van der Waals surface area contributed by atoms with Gasteiger partial charge in [-0.2, -0.15) is 0 Å². The Bertz CT molecular complexity index is 1610. The van der Waals surface area contributed by atoms with Crippen molar-refractivity contribution in [3.05, 3.63) is 11.6 Å². The van der Waals surface area contributed by atoms with Crippen molar-refractivity contribution in [3.63, 3.8) is 0 Å². The number of fused-ring (bicyclic) bond motifs is 7. The Morgan fingerprint density at radius 1 is 0.741 bits per heavy atom. The summed E-state index contributed by atoms with van der Waals surface area (Å²) in [4.78, 5) is 27.0. The zero-order valence-electron chi connectivity index (χ0n) is 35.2. The normalized spacial score (nSPS) is 52.1. The van der Waals surface area contributed by atoms with E-state index in [4.69, 9.17) is 23.7 Å². The molecule has 0 aromatic rings. The highest BCUT2D eigenvalue weighted by Gasteiger charge is 2.71. The number of hydrogen-bond acceptors (Lipinski definition) is 15. The molecule has 7 aliphatic rings. The van der Waals surface area contributed by atoms with E-state index in [0.29, 0.717) is 32.1 Å². The first-order valence-corrected chi connectivity index (χ1v) is 21.3. The van der Waals surface area contributed by atoms with Crippen LogP contribution >= 0.6 is 0 Å². The minimum Gasteiger partial charge on any atom is -0.467 e. The number of aliphatic hydroxyl groups is 8. The quantitative estimate of drug-likeness (QED) is 0.108. The second-order valence-electron chi connectivity index (χ2n) is 20.9. The first-order valence-electron chi connectivity index (χ1n) is 21.3. The van der Waals surface area contributed by atoms with Gasteiger partial charge in [0.1, 0.15) is 42.7 Å². The largest absolute Gasteiger partial charge is 0.467 e. The average molecular weight is 825 g/mol. The van der Waals surface area contributed by atoms with Gasteiger partial charge in [0, 0.05) is 5.92 Å². The Kier molecular flexibility index (Phi) is 11.4. The Morgan fingerprint density at radius 2 is 1.38 bits per heavy atom. The summed E-state index contributed by atoms with van der Waals surface area (Å²) in [6.45, 7) is 14.8. The molecule has 0 bridgehead atoms. The molecule has 330 valence electrons. The summed E-state index contributed by atoms with van der Waals surface area (Å²) in [5.41, 5.74) is -1.79. The lowest BCUT2D eigenvalue weighted by molar-refractivity contribution is -0.324. The number of carbonyl (C=O) groups excluding carboxylic acids is 2. The number of methoxy groups -OCH3 is 1. The van der Waals surface area contributed by atoms with Gasteiger partial charge < -0.3 is 64.5 Å². The lowest BCUT2D eigenvalue weighted by Crippen LogP contribution is -2.67. The van der Waals surface area contributed by atoms with Crippen molar-refractivity contribution in [3.8, 4) is 0 Å². The molecular weight excluding hydrogens is 756 g/mol. The number of allylic oxidation sites excluding steroid dienone is 1. The summed E-state index contributed by atoms with van der Waals surface area (Å²) in [7, 11) is 1.15. The second-order valence-corrected chi connectivity index (χ2v) is 20.9. The number of esters is 2. The number of hydrogen-bond donors (Lipinski definition) is 8. The predicted octanol–water partition coefficient (Wildman–Crippen LogP) is 1.47. The van der Waals surface area contributed by atoms with Gasteiger partial charge in [-0.15, -0.1) is 0 Å². The molecular formula is C43H68O15. The van der Waals surface area contributed by atoms with E-state index in [1.807, 2.05) is 13.8 Å². The highest BCUT2D eigenvalue weighted by molar-refractivity contribution is 5.79. The Balaban J connectivity index is 1.17. The van der Waals surface area contributed by atoms with Crippen LogP contribution in [0.1, 0.15) is 106 Å². The summed E-state index contributed by atoms with van der Waals surface area (Å²) in [5.74, 6) is -1.68. The van der Waals surface area contributed by atoms with Crippen LogP contribution in [0.2, 0.25) is 0 Å². The minimum atomic E-state index is -1.74. The summed E-state index contributed by atoms with van der Waals surface area (Å²) >= 11 is 0. The first kappa shape index (κ1) is 44.3. The van der Waals surface area contributed by atoms with Crippen molar-refractivity contribution in [1.29, 1.82) is 0 Å². The lowest BCUT2D eigenvalue weighted by Gasteiger charge is -2.71. The second kappa shape index (κ2) is 15.0. The molecule has 2 saturated heterocycles. The third-order valence-corrected chi connectivity index (χ3v) is 17.6. The molecule has 0 aromatic carbocycles. The van der Waals surface area contributed by atoms with Gasteiger partial charge in [0.05, 0.1) is 31.3 Å². The van der Waals surface area contributed by atoms with Gasteiger partial charge in [0.25, 0.3) is 0 Å². The molecule has 15 nitrogen and oxygen atoms in total. The van der Waals surface area contributed by atoms with Crippen LogP contribution in [0.4, 0.5) is 0 Å². The van der Waals surface area contributed by atoms with Gasteiger partial charge in [-0.25, -0.2) is 4.79 Å². The van der Waals surface area contributed by atoms with Gasteiger partial charge >= 0.3 is 11.9 Å². The molecule has 7 rings (SSSR count). The average Bonchev–Trinajstić information content (AvgIpc) is 3.17. The fraction of sp³-hybridized carbons (Fsp3) is 0.907. The van der Waals surface area contributed by atoms with E-state index in [1.54, 1.807) is 0 Å². The third-order valence-electron chi connectivity index (χ3n) is 17.6. The molecule has 4 saturated carbocycles. The SMILES string of the molecule is COC(=O)C1OC(OC2CCC3(C)C(CCC4(C)C3CC=C3C5C(O)C(C)(C)CCC5(C(=O)OC5OC(CO)C(O)C(O)C5O)CCC34C)C2(C)C)C(O)C(O)C1O. The van der Waals surface area contributed by atoms with Crippen LogP contribution in [0.5, 0.6) is 0 Å². The topological polar surface area (TPSA) is 242 Å². The molecule has 2 aliphatic heterocycles. The van der Waals surface area contributed by atoms with Gasteiger partial charge in [-0.3, -0.25) is 4.79 Å². The number of carbonyl (C=O) groups is 2. The Labute approximate surface area is 341 Å². The molecule has 19 atom stereocenters. The van der Waals surface area contributed by atoms with Crippen LogP contribution in [0.25, 0.3) is 0 Å². The van der Waals surface area contributed by atoms with E-state index in [-0.39, 0.29) is 22.7 Å². The molecule has 0 amide bonds. The van der Waals surface area contributed by atoms with Gasteiger partial charge in [-0.05, 0) is 96.7 Å². The minimum absolute atomic E-state index is 0.154. The van der Waals surface area contributed by atoms with Crippen LogP contribution < -0.4 is 0 Å². The molecule has 0 aromatic heterocycles. The van der Waals surface area contributed by atoms with E-state index in [2.05, 4.69) is 40.7 Å². The standard InChI is InChI=1S/C43H68O15/c1-38(2)15-17-43(37(53)58-35-30(49)27(46)26(45)21(19-44)55-35)18-16-41(6)20(25(43)33(38)51)9-10-23-40(5)13-12-24(39(3,4)22(40)11-14-42(23,41)7)56-36-31(50)28(47)29(48)32(57-36)34(52)54-8/h9,21-33,35-36,44-51H,10-19H2,1-8H3. The highest BCUT2D eigenvalue weighted by Crippen LogP contribution is 2.76. The van der Waals surface area contributed by atoms with Gasteiger partial charge in [0.2, 0.25) is 6.29 Å². The molecule has 2 heterocycles. The number of rotatable bonds is 6. The monoisotopic (exact) mass is 824 g/mol. The fourth-order valence-electron chi connectivity index (χ4n) is 13.6. The van der Waals surface area contributed by atoms with E-state index >= 15 is 0 Å². The van der Waals surface area contributed by atoms with Gasteiger partial charge in [-0.1, -0.05) is 60.1 Å². The van der Waals surface area contributed by atoms with Crippen molar-refractivity contribution in [1.82, 2.24) is 0 Å². The lowest BCUT2D eigenvalue weighted by atomic mass is 9.33. The van der Waals surface area contributed by atoms with Crippen molar-refractivity contribution in [2.24, 2.45) is 50.2 Å². The smallest absolute Gasteiger partial charge is 0.337 e. The molecule has 8 N–H and O–H groups in total. The van der Waals surface area contributed by atoms with Crippen LogP contribution in [-0.2, 0) is 33.3 Å². The summed E-state index contributed by atoms with van der Waals surface area (Å²) in [5, 5.41) is 85.7. The Hall–Kier alpha value is -1.76. The third kappa shape index (κ3) is 6.30. The highest BCUT2D eigenvalue weighted by atomic mass is 16.7. The predicted molar refractivity (Wildman–Crippen MR) is 204 cm³/mol.